The van der Waals surface area contributed by atoms with Crippen LogP contribution in [0.3, 0.4) is 0 Å². The highest BCUT2D eigenvalue weighted by Crippen LogP contribution is 2.29. The Morgan fingerprint density at radius 3 is 2.62 bits per heavy atom. The first-order chi connectivity index (χ1) is 10.1. The topological polar surface area (TPSA) is 65.5 Å². The predicted molar refractivity (Wildman–Crippen MR) is 83.4 cm³/mol. The molecule has 2 rings (SSSR count). The molecule has 2 atom stereocenters. The molecule has 2 unspecified atom stereocenters. The van der Waals surface area contributed by atoms with Gasteiger partial charge in [0.05, 0.1) is 5.56 Å². The van der Waals surface area contributed by atoms with Gasteiger partial charge in [0.25, 0.3) is 5.91 Å². The highest BCUT2D eigenvalue weighted by molar-refractivity contribution is 5.94. The van der Waals surface area contributed by atoms with E-state index >= 15 is 0 Å². The van der Waals surface area contributed by atoms with Gasteiger partial charge in [-0.1, -0.05) is 12.8 Å². The van der Waals surface area contributed by atoms with E-state index in [4.69, 9.17) is 0 Å². The fourth-order valence-electron chi connectivity index (χ4n) is 2.90. The molecule has 116 valence electrons. The molecule has 1 heterocycles. The number of amides is 1. The summed E-state index contributed by atoms with van der Waals surface area (Å²) in [5, 5.41) is 12.4. The van der Waals surface area contributed by atoms with Gasteiger partial charge in [0.1, 0.15) is 5.82 Å². The Labute approximate surface area is 126 Å². The quantitative estimate of drug-likeness (QED) is 0.866. The van der Waals surface area contributed by atoms with Gasteiger partial charge in [0.15, 0.2) is 0 Å². The van der Waals surface area contributed by atoms with Crippen molar-refractivity contribution in [2.45, 2.75) is 25.7 Å². The first-order valence-electron chi connectivity index (χ1n) is 7.64. The number of rotatable bonds is 5. The number of carbonyl (C=O) groups is 1. The third-order valence-electron chi connectivity index (χ3n) is 4.29. The lowest BCUT2D eigenvalue weighted by Crippen LogP contribution is -2.35. The summed E-state index contributed by atoms with van der Waals surface area (Å²) in [4.78, 5) is 18.3. The molecule has 2 N–H and O–H groups in total. The number of aliphatic hydroxyl groups excluding tert-OH is 1. The van der Waals surface area contributed by atoms with Crippen LogP contribution in [-0.2, 0) is 0 Å². The SMILES string of the molecule is CN(C)c1ccc(C(=O)NCC2CCCCC2CO)cn1. The second-order valence-electron chi connectivity index (χ2n) is 6.00. The number of pyridine rings is 1. The lowest BCUT2D eigenvalue weighted by Gasteiger charge is -2.30. The van der Waals surface area contributed by atoms with Crippen LogP contribution in [0.15, 0.2) is 18.3 Å². The second kappa shape index (κ2) is 7.41. The Kier molecular flexibility index (Phi) is 5.56. The van der Waals surface area contributed by atoms with Gasteiger partial charge < -0.3 is 15.3 Å². The molecule has 1 aromatic heterocycles. The normalized spacial score (nSPS) is 21.9. The van der Waals surface area contributed by atoms with Crippen molar-refractivity contribution >= 4 is 11.7 Å². The van der Waals surface area contributed by atoms with Gasteiger partial charge in [-0.2, -0.15) is 0 Å². The maximum atomic E-state index is 12.1. The number of nitrogens with one attached hydrogen (secondary N) is 1. The van der Waals surface area contributed by atoms with Crippen molar-refractivity contribution in [2.75, 3.05) is 32.1 Å². The molecule has 1 amide bonds. The van der Waals surface area contributed by atoms with Crippen LogP contribution in [0.4, 0.5) is 5.82 Å². The number of carbonyl (C=O) groups excluding carboxylic acids is 1. The Bertz CT molecular complexity index is 459. The fraction of sp³-hybridized carbons (Fsp3) is 0.625. The molecule has 0 radical (unpaired) electrons. The van der Waals surface area contributed by atoms with Crippen molar-refractivity contribution in [1.82, 2.24) is 10.3 Å². The van der Waals surface area contributed by atoms with Crippen molar-refractivity contribution < 1.29 is 9.90 Å². The van der Waals surface area contributed by atoms with E-state index in [0.717, 1.165) is 18.7 Å². The third-order valence-corrected chi connectivity index (χ3v) is 4.29. The van der Waals surface area contributed by atoms with Crippen LogP contribution in [0.2, 0.25) is 0 Å². The Balaban J connectivity index is 1.89. The largest absolute Gasteiger partial charge is 0.396 e. The van der Waals surface area contributed by atoms with Crippen LogP contribution < -0.4 is 10.2 Å². The molecule has 0 spiro atoms. The van der Waals surface area contributed by atoms with Gasteiger partial charge in [-0.15, -0.1) is 0 Å². The van der Waals surface area contributed by atoms with E-state index in [0.29, 0.717) is 23.9 Å². The van der Waals surface area contributed by atoms with E-state index in [9.17, 15) is 9.90 Å². The minimum Gasteiger partial charge on any atom is -0.396 e. The molecule has 1 aliphatic carbocycles. The molecule has 0 aliphatic heterocycles. The molecule has 1 fully saturated rings. The third kappa shape index (κ3) is 4.17. The molecule has 1 saturated carbocycles. The number of nitrogens with zero attached hydrogens (tertiary/aromatic N) is 2. The fourth-order valence-corrected chi connectivity index (χ4v) is 2.90. The summed E-state index contributed by atoms with van der Waals surface area (Å²) in [5.41, 5.74) is 0.581. The molecular weight excluding hydrogens is 266 g/mol. The maximum absolute atomic E-state index is 12.1. The van der Waals surface area contributed by atoms with Gasteiger partial charge in [-0.05, 0) is 36.8 Å². The average molecular weight is 291 g/mol. The van der Waals surface area contributed by atoms with Gasteiger partial charge in [-0.25, -0.2) is 4.98 Å². The Morgan fingerprint density at radius 2 is 2.05 bits per heavy atom. The number of hydrogen-bond acceptors (Lipinski definition) is 4. The molecule has 0 bridgehead atoms. The van der Waals surface area contributed by atoms with Gasteiger partial charge in [0.2, 0.25) is 0 Å². The number of aromatic nitrogens is 1. The van der Waals surface area contributed by atoms with Crippen molar-refractivity contribution in [3.8, 4) is 0 Å². The van der Waals surface area contributed by atoms with E-state index in [1.165, 1.54) is 12.8 Å². The zero-order chi connectivity index (χ0) is 15.2. The average Bonchev–Trinajstić information content (AvgIpc) is 2.52. The molecule has 0 aromatic carbocycles. The van der Waals surface area contributed by atoms with Crippen LogP contribution >= 0.6 is 0 Å². The standard InChI is InChI=1S/C16H25N3O2/c1-19(2)15-8-7-13(10-17-15)16(21)18-9-12-5-3-4-6-14(12)11-20/h7-8,10,12,14,20H,3-6,9,11H2,1-2H3,(H,18,21). The minimum absolute atomic E-state index is 0.0879. The van der Waals surface area contributed by atoms with Crippen molar-refractivity contribution in [1.29, 1.82) is 0 Å². The van der Waals surface area contributed by atoms with E-state index in [1.807, 2.05) is 25.1 Å². The summed E-state index contributed by atoms with van der Waals surface area (Å²) < 4.78 is 0. The first-order valence-corrected chi connectivity index (χ1v) is 7.64. The van der Waals surface area contributed by atoms with Gasteiger partial charge in [0, 0.05) is 33.4 Å². The summed E-state index contributed by atoms with van der Waals surface area (Å²) in [7, 11) is 3.83. The summed E-state index contributed by atoms with van der Waals surface area (Å²) in [5.74, 6) is 1.46. The molecular formula is C16H25N3O2. The summed E-state index contributed by atoms with van der Waals surface area (Å²) in [6.45, 7) is 0.860. The first kappa shape index (κ1) is 15.8. The van der Waals surface area contributed by atoms with Crippen molar-refractivity contribution in [2.24, 2.45) is 11.8 Å². The van der Waals surface area contributed by atoms with Gasteiger partial charge in [-0.3, -0.25) is 4.79 Å². The number of anilines is 1. The molecule has 21 heavy (non-hydrogen) atoms. The monoisotopic (exact) mass is 291 g/mol. The highest BCUT2D eigenvalue weighted by atomic mass is 16.3. The molecule has 1 aliphatic rings. The van der Waals surface area contributed by atoms with E-state index in [1.54, 1.807) is 12.3 Å². The number of hydrogen-bond donors (Lipinski definition) is 2. The zero-order valence-corrected chi connectivity index (χ0v) is 12.9. The second-order valence-corrected chi connectivity index (χ2v) is 6.00. The van der Waals surface area contributed by atoms with Crippen molar-refractivity contribution in [3.05, 3.63) is 23.9 Å². The molecule has 5 nitrogen and oxygen atoms in total. The summed E-state index contributed by atoms with van der Waals surface area (Å²) in [6.07, 6.45) is 6.14. The van der Waals surface area contributed by atoms with E-state index in [2.05, 4.69) is 10.3 Å². The van der Waals surface area contributed by atoms with Crippen LogP contribution in [0, 0.1) is 11.8 Å². The molecule has 1 aromatic rings. The molecule has 5 heteroatoms. The van der Waals surface area contributed by atoms with Crippen LogP contribution in [0.1, 0.15) is 36.0 Å². The maximum Gasteiger partial charge on any atom is 0.252 e. The smallest absolute Gasteiger partial charge is 0.252 e. The van der Waals surface area contributed by atoms with Gasteiger partial charge >= 0.3 is 0 Å². The predicted octanol–water partition coefficient (Wildman–Crippen LogP) is 1.68. The number of aliphatic hydroxyl groups is 1. The van der Waals surface area contributed by atoms with Crippen LogP contribution in [0.5, 0.6) is 0 Å². The minimum atomic E-state index is -0.0879. The summed E-state index contributed by atoms with van der Waals surface area (Å²) >= 11 is 0. The molecule has 0 saturated heterocycles. The van der Waals surface area contributed by atoms with E-state index < -0.39 is 0 Å². The Hall–Kier alpha value is -1.62. The zero-order valence-electron chi connectivity index (χ0n) is 12.9. The van der Waals surface area contributed by atoms with Crippen molar-refractivity contribution in [3.63, 3.8) is 0 Å². The van der Waals surface area contributed by atoms with Crippen LogP contribution in [0.25, 0.3) is 0 Å². The lowest BCUT2D eigenvalue weighted by molar-refractivity contribution is 0.0909. The van der Waals surface area contributed by atoms with E-state index in [-0.39, 0.29) is 12.5 Å². The highest BCUT2D eigenvalue weighted by Gasteiger charge is 2.24. The lowest BCUT2D eigenvalue weighted by atomic mass is 9.79. The Morgan fingerprint density at radius 1 is 1.33 bits per heavy atom. The van der Waals surface area contributed by atoms with Crippen LogP contribution in [-0.4, -0.2) is 43.2 Å². The summed E-state index contributed by atoms with van der Waals surface area (Å²) in [6, 6.07) is 3.63.